The van der Waals surface area contributed by atoms with Crippen LogP contribution in [-0.2, 0) is 14.3 Å². The monoisotopic (exact) mass is 380 g/mol. The van der Waals surface area contributed by atoms with Gasteiger partial charge in [-0.1, -0.05) is 12.1 Å². The van der Waals surface area contributed by atoms with E-state index in [-0.39, 0.29) is 17.1 Å². The molecule has 0 saturated carbocycles. The number of methoxy groups -OCH3 is 1. The number of allylic oxidation sites excluding steroid dienone is 1. The highest BCUT2D eigenvalue weighted by molar-refractivity contribution is 6.23. The Morgan fingerprint density at radius 2 is 1.68 bits per heavy atom. The number of benzene rings is 2. The highest BCUT2D eigenvalue weighted by Crippen LogP contribution is 2.35. The molecule has 2 aromatic rings. The normalized spacial score (nSPS) is 15.4. The zero-order valence-electron chi connectivity index (χ0n) is 16.2. The van der Waals surface area contributed by atoms with E-state index >= 15 is 0 Å². The van der Waals surface area contributed by atoms with E-state index in [2.05, 4.69) is 0 Å². The molecule has 2 aromatic carbocycles. The summed E-state index contributed by atoms with van der Waals surface area (Å²) >= 11 is 0. The highest BCUT2D eigenvalue weighted by atomic mass is 19.1. The summed E-state index contributed by atoms with van der Waals surface area (Å²) in [5, 5.41) is 0. The number of esters is 1. The second kappa shape index (κ2) is 7.68. The van der Waals surface area contributed by atoms with Crippen molar-refractivity contribution in [1.29, 1.82) is 0 Å². The van der Waals surface area contributed by atoms with Gasteiger partial charge in [0.05, 0.1) is 18.3 Å². The number of carbonyl (C=O) groups excluding carboxylic acids is 2. The van der Waals surface area contributed by atoms with E-state index in [9.17, 15) is 14.0 Å². The number of amides is 1. The van der Waals surface area contributed by atoms with Crippen molar-refractivity contribution in [2.45, 2.75) is 6.92 Å². The predicted molar refractivity (Wildman–Crippen MR) is 107 cm³/mol. The van der Waals surface area contributed by atoms with E-state index in [1.54, 1.807) is 13.0 Å². The second-order valence-electron chi connectivity index (χ2n) is 6.61. The summed E-state index contributed by atoms with van der Waals surface area (Å²) in [5.41, 5.74) is 3.17. The fraction of sp³-hybridized carbons (Fsp3) is 0.182. The molecule has 1 amide bonds. The zero-order chi connectivity index (χ0) is 20.4. The number of hydrogen-bond donors (Lipinski definition) is 0. The molecule has 144 valence electrons. The van der Waals surface area contributed by atoms with Crippen LogP contribution in [0.3, 0.4) is 0 Å². The Labute approximate surface area is 163 Å². The Balaban J connectivity index is 2.07. The number of carbonyl (C=O) groups is 2. The fourth-order valence-electron chi connectivity index (χ4n) is 3.12. The molecular formula is C22H21FN2O3. The Kier molecular flexibility index (Phi) is 5.31. The molecule has 1 aliphatic heterocycles. The summed E-state index contributed by atoms with van der Waals surface area (Å²) in [6.07, 6.45) is 1.67. The Morgan fingerprint density at radius 3 is 2.21 bits per heavy atom. The van der Waals surface area contributed by atoms with Gasteiger partial charge in [0.1, 0.15) is 5.82 Å². The quantitative estimate of drug-likeness (QED) is 0.599. The molecule has 1 heterocycles. The molecule has 0 fully saturated rings. The molecule has 0 saturated heterocycles. The molecule has 1 aliphatic rings. The van der Waals surface area contributed by atoms with E-state index in [1.807, 2.05) is 43.3 Å². The van der Waals surface area contributed by atoms with Crippen LogP contribution in [0.25, 0.3) is 6.08 Å². The summed E-state index contributed by atoms with van der Waals surface area (Å²) in [4.78, 5) is 28.9. The maximum atomic E-state index is 13.3. The summed E-state index contributed by atoms with van der Waals surface area (Å²) in [6, 6.07) is 13.2. The lowest BCUT2D eigenvalue weighted by Gasteiger charge is -2.17. The molecule has 0 unspecified atom stereocenters. The van der Waals surface area contributed by atoms with Crippen molar-refractivity contribution < 1.29 is 18.7 Å². The molecule has 0 spiro atoms. The molecule has 0 atom stereocenters. The van der Waals surface area contributed by atoms with Gasteiger partial charge in [-0.05, 0) is 55.0 Å². The van der Waals surface area contributed by atoms with Gasteiger partial charge in [0.25, 0.3) is 5.91 Å². The van der Waals surface area contributed by atoms with Crippen molar-refractivity contribution in [2.75, 3.05) is 31.0 Å². The summed E-state index contributed by atoms with van der Waals surface area (Å²) in [6.45, 7) is 1.67. The van der Waals surface area contributed by atoms with E-state index in [1.165, 1.54) is 36.3 Å². The molecule has 0 aliphatic carbocycles. The average Bonchev–Trinajstić information content (AvgIpc) is 2.92. The molecule has 0 N–H and O–H groups in total. The van der Waals surface area contributed by atoms with Crippen molar-refractivity contribution >= 4 is 29.3 Å². The van der Waals surface area contributed by atoms with Crippen molar-refractivity contribution in [3.63, 3.8) is 0 Å². The third kappa shape index (κ3) is 3.53. The third-order valence-electron chi connectivity index (χ3n) is 4.59. The largest absolute Gasteiger partial charge is 0.465 e. The van der Waals surface area contributed by atoms with Gasteiger partial charge in [0, 0.05) is 31.2 Å². The number of anilines is 2. The molecule has 0 bridgehead atoms. The smallest absolute Gasteiger partial charge is 0.340 e. The molecule has 0 aromatic heterocycles. The maximum absolute atomic E-state index is 13.3. The van der Waals surface area contributed by atoms with Crippen LogP contribution in [-0.4, -0.2) is 33.1 Å². The summed E-state index contributed by atoms with van der Waals surface area (Å²) < 4.78 is 18.2. The van der Waals surface area contributed by atoms with E-state index in [0.29, 0.717) is 11.4 Å². The first-order valence-corrected chi connectivity index (χ1v) is 8.72. The number of hydrogen-bond acceptors (Lipinski definition) is 4. The zero-order valence-corrected chi connectivity index (χ0v) is 16.2. The topological polar surface area (TPSA) is 49.9 Å². The standard InChI is InChI=1S/C22H21FN2O3/c1-14-20(22(27)28-4)19(13-15-5-9-17(10-6-15)24(2)3)21(26)25(14)18-11-7-16(23)8-12-18/h5-13H,1-4H3. The lowest BCUT2D eigenvalue weighted by molar-refractivity contribution is -0.136. The van der Waals surface area contributed by atoms with Gasteiger partial charge in [-0.3, -0.25) is 9.69 Å². The second-order valence-corrected chi connectivity index (χ2v) is 6.61. The Hall–Kier alpha value is -3.41. The molecule has 28 heavy (non-hydrogen) atoms. The van der Waals surface area contributed by atoms with Gasteiger partial charge in [-0.15, -0.1) is 0 Å². The van der Waals surface area contributed by atoms with Crippen LogP contribution in [0.4, 0.5) is 15.8 Å². The van der Waals surface area contributed by atoms with Gasteiger partial charge < -0.3 is 9.64 Å². The predicted octanol–water partition coefficient (Wildman–Crippen LogP) is 3.77. The molecular weight excluding hydrogens is 359 g/mol. The van der Waals surface area contributed by atoms with E-state index in [0.717, 1.165) is 11.3 Å². The van der Waals surface area contributed by atoms with Crippen molar-refractivity contribution in [1.82, 2.24) is 0 Å². The van der Waals surface area contributed by atoms with Crippen molar-refractivity contribution in [3.05, 3.63) is 76.8 Å². The lowest BCUT2D eigenvalue weighted by atomic mass is 10.0. The summed E-state index contributed by atoms with van der Waals surface area (Å²) in [7, 11) is 5.16. The van der Waals surface area contributed by atoms with E-state index < -0.39 is 11.8 Å². The maximum Gasteiger partial charge on any atom is 0.340 e. The van der Waals surface area contributed by atoms with Crippen molar-refractivity contribution in [2.24, 2.45) is 0 Å². The van der Waals surface area contributed by atoms with Gasteiger partial charge in [0.15, 0.2) is 0 Å². The van der Waals surface area contributed by atoms with Crippen LogP contribution in [0, 0.1) is 5.82 Å². The molecule has 5 nitrogen and oxygen atoms in total. The molecule has 6 heteroatoms. The number of nitrogens with zero attached hydrogens (tertiary/aromatic N) is 2. The van der Waals surface area contributed by atoms with Crippen molar-refractivity contribution in [3.8, 4) is 0 Å². The minimum atomic E-state index is -0.591. The first kappa shape index (κ1) is 19.4. The SMILES string of the molecule is COC(=O)C1=C(C)N(c2ccc(F)cc2)C(=O)C1=Cc1ccc(N(C)C)cc1. The lowest BCUT2D eigenvalue weighted by Crippen LogP contribution is -2.24. The highest BCUT2D eigenvalue weighted by Gasteiger charge is 2.37. The van der Waals surface area contributed by atoms with Crippen LogP contribution in [0.5, 0.6) is 0 Å². The number of rotatable bonds is 4. The van der Waals surface area contributed by atoms with Crippen LogP contribution in [0.2, 0.25) is 0 Å². The first-order valence-electron chi connectivity index (χ1n) is 8.72. The van der Waals surface area contributed by atoms with Gasteiger partial charge in [-0.25, -0.2) is 9.18 Å². The van der Waals surface area contributed by atoms with Gasteiger partial charge >= 0.3 is 5.97 Å². The molecule has 0 radical (unpaired) electrons. The Morgan fingerprint density at radius 1 is 1.07 bits per heavy atom. The minimum absolute atomic E-state index is 0.202. The first-order chi connectivity index (χ1) is 13.3. The van der Waals surface area contributed by atoms with Crippen LogP contribution in [0.1, 0.15) is 12.5 Å². The molecule has 3 rings (SSSR count). The average molecular weight is 380 g/mol. The minimum Gasteiger partial charge on any atom is -0.465 e. The third-order valence-corrected chi connectivity index (χ3v) is 4.59. The van der Waals surface area contributed by atoms with Crippen LogP contribution < -0.4 is 9.80 Å². The van der Waals surface area contributed by atoms with Crippen LogP contribution in [0.15, 0.2) is 65.4 Å². The van der Waals surface area contributed by atoms with E-state index in [4.69, 9.17) is 4.74 Å². The number of halogens is 1. The van der Waals surface area contributed by atoms with Gasteiger partial charge in [-0.2, -0.15) is 0 Å². The number of ether oxygens (including phenoxy) is 1. The Bertz CT molecular complexity index is 974. The fourth-order valence-corrected chi connectivity index (χ4v) is 3.12. The van der Waals surface area contributed by atoms with Gasteiger partial charge in [0.2, 0.25) is 0 Å². The van der Waals surface area contributed by atoms with Crippen LogP contribution >= 0.6 is 0 Å². The summed E-state index contributed by atoms with van der Waals surface area (Å²) in [5.74, 6) is -1.35.